The van der Waals surface area contributed by atoms with Crippen LogP contribution < -0.4 is 5.32 Å². The molecule has 0 bridgehead atoms. The molecule has 6 nitrogen and oxygen atoms in total. The molecule has 2 heterocycles. The van der Waals surface area contributed by atoms with Crippen LogP contribution in [0.15, 0.2) is 84.9 Å². The predicted octanol–water partition coefficient (Wildman–Crippen LogP) is 4.04. The van der Waals surface area contributed by atoms with E-state index in [2.05, 4.69) is 85.6 Å². The zero-order valence-electron chi connectivity index (χ0n) is 19.5. The molecule has 0 fully saturated rings. The number of hydrogen-bond donors (Lipinski definition) is 1. The number of benzene rings is 3. The first kappa shape index (κ1) is 22.9. The number of carbonyl (C=O) groups is 1. The van der Waals surface area contributed by atoms with Crippen molar-refractivity contribution in [3.8, 4) is 0 Å². The Morgan fingerprint density at radius 1 is 0.886 bits per heavy atom. The van der Waals surface area contributed by atoms with E-state index >= 15 is 0 Å². The van der Waals surface area contributed by atoms with E-state index in [0.717, 1.165) is 38.4 Å². The minimum atomic E-state index is -0.432. The molecule has 178 valence electrons. The quantitative estimate of drug-likeness (QED) is 0.444. The number of aromatic nitrogens is 3. The van der Waals surface area contributed by atoms with Gasteiger partial charge in [0.15, 0.2) is 5.82 Å². The van der Waals surface area contributed by atoms with Crippen molar-refractivity contribution in [1.29, 1.82) is 0 Å². The van der Waals surface area contributed by atoms with Crippen LogP contribution in [0.25, 0.3) is 0 Å². The molecule has 1 aromatic heterocycles. The molecule has 5 rings (SSSR count). The number of hydrogen-bond acceptors (Lipinski definition) is 4. The highest BCUT2D eigenvalue weighted by molar-refractivity contribution is 5.94. The van der Waals surface area contributed by atoms with E-state index in [1.807, 2.05) is 0 Å². The third-order valence-electron chi connectivity index (χ3n) is 6.53. The first-order valence-electron chi connectivity index (χ1n) is 11.9. The Balaban J connectivity index is 1.25. The number of fused-ring (bicyclic) bond motifs is 1. The fourth-order valence-corrected chi connectivity index (χ4v) is 4.66. The van der Waals surface area contributed by atoms with Gasteiger partial charge in [-0.15, -0.1) is 10.2 Å². The summed E-state index contributed by atoms with van der Waals surface area (Å²) in [5, 5.41) is 11.5. The lowest BCUT2D eigenvalue weighted by Crippen LogP contribution is -2.32. The van der Waals surface area contributed by atoms with E-state index < -0.39 is 5.82 Å². The van der Waals surface area contributed by atoms with Gasteiger partial charge in [0.25, 0.3) is 5.91 Å². The summed E-state index contributed by atoms with van der Waals surface area (Å²) in [4.78, 5) is 14.9. The summed E-state index contributed by atoms with van der Waals surface area (Å²) in [7, 11) is 0. The summed E-state index contributed by atoms with van der Waals surface area (Å²) in [6.45, 7) is 3.68. The summed E-state index contributed by atoms with van der Waals surface area (Å²) in [6, 6.07) is 27.0. The van der Waals surface area contributed by atoms with Crippen LogP contribution in [-0.2, 0) is 19.5 Å². The minimum Gasteiger partial charge on any atom is -0.345 e. The third-order valence-corrected chi connectivity index (χ3v) is 6.53. The Morgan fingerprint density at radius 2 is 1.60 bits per heavy atom. The van der Waals surface area contributed by atoms with Gasteiger partial charge in [0.2, 0.25) is 0 Å². The van der Waals surface area contributed by atoms with Gasteiger partial charge in [0.1, 0.15) is 11.6 Å². The van der Waals surface area contributed by atoms with E-state index in [0.29, 0.717) is 11.4 Å². The number of nitrogens with zero attached hydrogens (tertiary/aromatic N) is 4. The van der Waals surface area contributed by atoms with Gasteiger partial charge in [-0.2, -0.15) is 0 Å². The monoisotopic (exact) mass is 469 g/mol. The Labute approximate surface area is 204 Å². The maximum atomic E-state index is 13.4. The van der Waals surface area contributed by atoms with E-state index in [9.17, 15) is 9.18 Å². The van der Waals surface area contributed by atoms with Crippen LogP contribution in [0.2, 0.25) is 0 Å². The van der Waals surface area contributed by atoms with E-state index in [1.165, 1.54) is 29.3 Å². The van der Waals surface area contributed by atoms with Gasteiger partial charge in [-0.25, -0.2) is 4.39 Å². The molecule has 1 N–H and O–H groups in total. The van der Waals surface area contributed by atoms with Crippen LogP contribution in [-0.4, -0.2) is 45.2 Å². The fraction of sp³-hybridized carbons (Fsp3) is 0.250. The lowest BCUT2D eigenvalue weighted by atomic mass is 9.90. The van der Waals surface area contributed by atoms with Crippen LogP contribution in [0.1, 0.15) is 39.1 Å². The Morgan fingerprint density at radius 3 is 2.29 bits per heavy atom. The van der Waals surface area contributed by atoms with Crippen molar-refractivity contribution in [2.45, 2.75) is 25.4 Å². The summed E-state index contributed by atoms with van der Waals surface area (Å²) in [5.74, 6) is 1.17. The van der Waals surface area contributed by atoms with Crippen molar-refractivity contribution >= 4 is 5.91 Å². The standard InChI is InChI=1S/C28H28FN5O/c29-24-13-7-12-23(18-24)28(35)30-19-27-32-31-26-14-15-33(16-17-34(26)27)20-25(21-8-3-1-4-9-21)22-10-5-2-6-11-22/h1-13,18,25H,14-17,19-20H2,(H,30,35). The molecule has 0 saturated heterocycles. The predicted molar refractivity (Wildman–Crippen MR) is 132 cm³/mol. The third kappa shape index (κ3) is 5.46. The smallest absolute Gasteiger partial charge is 0.251 e. The largest absolute Gasteiger partial charge is 0.345 e. The normalized spacial score (nSPS) is 13.9. The molecule has 0 atom stereocenters. The van der Waals surface area contributed by atoms with Gasteiger partial charge < -0.3 is 14.8 Å². The SMILES string of the molecule is O=C(NCc1nnc2n1CCN(CC(c1ccccc1)c1ccccc1)CC2)c1cccc(F)c1. The lowest BCUT2D eigenvalue weighted by molar-refractivity contribution is 0.0949. The van der Waals surface area contributed by atoms with E-state index in [1.54, 1.807) is 6.07 Å². The van der Waals surface area contributed by atoms with Crippen LogP contribution in [0.5, 0.6) is 0 Å². The maximum Gasteiger partial charge on any atom is 0.251 e. The minimum absolute atomic E-state index is 0.249. The molecular weight excluding hydrogens is 441 g/mol. The molecule has 1 aliphatic heterocycles. The second-order valence-corrected chi connectivity index (χ2v) is 8.80. The molecule has 1 amide bonds. The highest BCUT2D eigenvalue weighted by Gasteiger charge is 2.23. The van der Waals surface area contributed by atoms with Crippen molar-refractivity contribution in [1.82, 2.24) is 25.0 Å². The lowest BCUT2D eigenvalue weighted by Gasteiger charge is -2.27. The Hall–Kier alpha value is -3.84. The summed E-state index contributed by atoms with van der Waals surface area (Å²) < 4.78 is 15.5. The molecule has 0 radical (unpaired) electrons. The second-order valence-electron chi connectivity index (χ2n) is 8.80. The van der Waals surface area contributed by atoms with Crippen LogP contribution in [0.3, 0.4) is 0 Å². The molecule has 3 aromatic carbocycles. The van der Waals surface area contributed by atoms with Crippen LogP contribution >= 0.6 is 0 Å². The molecule has 1 aliphatic rings. The zero-order chi connectivity index (χ0) is 24.0. The molecule has 0 aliphatic carbocycles. The van der Waals surface area contributed by atoms with Gasteiger partial charge in [-0.3, -0.25) is 4.79 Å². The molecule has 4 aromatic rings. The highest BCUT2D eigenvalue weighted by Crippen LogP contribution is 2.26. The molecule has 7 heteroatoms. The van der Waals surface area contributed by atoms with Crippen molar-refractivity contribution in [2.24, 2.45) is 0 Å². The van der Waals surface area contributed by atoms with Crippen molar-refractivity contribution in [3.05, 3.63) is 119 Å². The number of amides is 1. The molecular formula is C28H28FN5O. The highest BCUT2D eigenvalue weighted by atomic mass is 19.1. The summed E-state index contributed by atoms with van der Waals surface area (Å²) >= 11 is 0. The van der Waals surface area contributed by atoms with E-state index in [-0.39, 0.29) is 18.4 Å². The molecule has 0 spiro atoms. The number of rotatable bonds is 7. The number of nitrogens with one attached hydrogen (secondary N) is 1. The molecule has 0 unspecified atom stereocenters. The second kappa shape index (κ2) is 10.6. The Bertz CT molecular complexity index is 1240. The van der Waals surface area contributed by atoms with Crippen LogP contribution in [0.4, 0.5) is 4.39 Å². The first-order chi connectivity index (χ1) is 17.2. The number of carbonyl (C=O) groups excluding carboxylic acids is 1. The zero-order valence-corrected chi connectivity index (χ0v) is 19.5. The van der Waals surface area contributed by atoms with Gasteiger partial charge >= 0.3 is 0 Å². The number of halogens is 1. The Kier molecular flexibility index (Phi) is 6.95. The average Bonchev–Trinajstić information content (AvgIpc) is 3.17. The van der Waals surface area contributed by atoms with Crippen molar-refractivity contribution in [2.75, 3.05) is 19.6 Å². The van der Waals surface area contributed by atoms with Gasteiger partial charge in [-0.05, 0) is 29.3 Å². The summed E-state index contributed by atoms with van der Waals surface area (Å²) in [5.41, 5.74) is 2.91. The van der Waals surface area contributed by atoms with Gasteiger partial charge in [0.05, 0.1) is 6.54 Å². The average molecular weight is 470 g/mol. The summed E-state index contributed by atoms with van der Waals surface area (Å²) in [6.07, 6.45) is 0.793. The molecule has 0 saturated carbocycles. The van der Waals surface area contributed by atoms with Crippen LogP contribution in [0, 0.1) is 5.82 Å². The fourth-order valence-electron chi connectivity index (χ4n) is 4.66. The van der Waals surface area contributed by atoms with Gasteiger partial charge in [-0.1, -0.05) is 66.7 Å². The maximum absolute atomic E-state index is 13.4. The van der Waals surface area contributed by atoms with Crippen molar-refractivity contribution in [3.63, 3.8) is 0 Å². The van der Waals surface area contributed by atoms with E-state index in [4.69, 9.17) is 0 Å². The topological polar surface area (TPSA) is 63.1 Å². The van der Waals surface area contributed by atoms with Crippen molar-refractivity contribution < 1.29 is 9.18 Å². The molecule has 35 heavy (non-hydrogen) atoms. The first-order valence-corrected chi connectivity index (χ1v) is 11.9. The van der Waals surface area contributed by atoms with Gasteiger partial charge in [0, 0.05) is 44.1 Å².